The molecule has 1 fully saturated rings. The van der Waals surface area contributed by atoms with Crippen LogP contribution in [0.3, 0.4) is 0 Å². The predicted molar refractivity (Wildman–Crippen MR) is 78.1 cm³/mol. The maximum absolute atomic E-state index is 10.9. The Morgan fingerprint density at radius 3 is 2.81 bits per heavy atom. The van der Waals surface area contributed by atoms with Crippen molar-refractivity contribution >= 4 is 5.69 Å². The van der Waals surface area contributed by atoms with Gasteiger partial charge in [0.25, 0.3) is 5.69 Å². The molecular weight excluding hydrogens is 274 g/mol. The molecule has 1 aromatic rings. The predicted octanol–water partition coefficient (Wildman–Crippen LogP) is 0.377. The Bertz CT molecular complexity index is 463. The molecule has 0 aromatic heterocycles. The Balaban J connectivity index is 1.74. The average molecular weight is 295 g/mol. The summed E-state index contributed by atoms with van der Waals surface area (Å²) < 4.78 is 5.25. The first-order chi connectivity index (χ1) is 10.2. The van der Waals surface area contributed by atoms with Crippen LogP contribution in [0, 0.1) is 10.1 Å². The largest absolute Gasteiger partial charge is 0.390 e. The van der Waals surface area contributed by atoms with E-state index in [1.807, 2.05) is 0 Å². The number of nitrogens with one attached hydrogen (secondary N) is 1. The molecule has 1 atom stereocenters. The monoisotopic (exact) mass is 295 g/mol. The smallest absolute Gasteiger partial charge is 0.273 e. The molecule has 1 unspecified atom stereocenters. The highest BCUT2D eigenvalue weighted by Crippen LogP contribution is 2.16. The number of ether oxygens (including phenoxy) is 1. The van der Waals surface area contributed by atoms with Crippen molar-refractivity contribution in [2.45, 2.75) is 12.6 Å². The summed E-state index contributed by atoms with van der Waals surface area (Å²) in [6.45, 7) is 4.45. The van der Waals surface area contributed by atoms with E-state index in [0.29, 0.717) is 38.4 Å². The van der Waals surface area contributed by atoms with E-state index in [4.69, 9.17) is 4.74 Å². The van der Waals surface area contributed by atoms with Gasteiger partial charge >= 0.3 is 0 Å². The van der Waals surface area contributed by atoms with Crippen LogP contribution in [0.4, 0.5) is 5.69 Å². The summed E-state index contributed by atoms with van der Waals surface area (Å²) in [5.41, 5.74) is 0.730. The van der Waals surface area contributed by atoms with Gasteiger partial charge in [-0.1, -0.05) is 18.2 Å². The highest BCUT2D eigenvalue weighted by atomic mass is 16.6. The Hall–Kier alpha value is -1.54. The van der Waals surface area contributed by atoms with Gasteiger partial charge in [-0.05, 0) is 0 Å². The van der Waals surface area contributed by atoms with Gasteiger partial charge in [0, 0.05) is 44.4 Å². The minimum Gasteiger partial charge on any atom is -0.390 e. The number of nitro groups is 1. The molecule has 0 amide bonds. The van der Waals surface area contributed by atoms with Crippen molar-refractivity contribution in [1.29, 1.82) is 0 Å². The van der Waals surface area contributed by atoms with Gasteiger partial charge in [0.2, 0.25) is 0 Å². The minimum absolute atomic E-state index is 0.104. The second-order valence-electron chi connectivity index (χ2n) is 5.08. The summed E-state index contributed by atoms with van der Waals surface area (Å²) in [6.07, 6.45) is -0.495. The molecule has 21 heavy (non-hydrogen) atoms. The van der Waals surface area contributed by atoms with Crippen LogP contribution in [0.1, 0.15) is 5.56 Å². The van der Waals surface area contributed by atoms with Crippen molar-refractivity contribution in [3.05, 3.63) is 39.9 Å². The van der Waals surface area contributed by atoms with Crippen LogP contribution in [-0.4, -0.2) is 60.4 Å². The van der Waals surface area contributed by atoms with E-state index in [1.54, 1.807) is 18.2 Å². The fourth-order valence-corrected chi connectivity index (χ4v) is 2.36. The number of aliphatic hydroxyl groups is 1. The van der Waals surface area contributed by atoms with Gasteiger partial charge in [-0.2, -0.15) is 0 Å². The molecule has 0 bridgehead atoms. The van der Waals surface area contributed by atoms with Crippen molar-refractivity contribution in [3.63, 3.8) is 0 Å². The number of hydrogen-bond donors (Lipinski definition) is 2. The lowest BCUT2D eigenvalue weighted by atomic mass is 10.2. The lowest BCUT2D eigenvalue weighted by molar-refractivity contribution is -0.385. The normalized spacial score (nSPS) is 17.6. The third kappa shape index (κ3) is 5.05. The minimum atomic E-state index is -0.495. The standard InChI is InChI=1S/C14H21N3O4/c18-13(11-16-5-7-21-8-6-16)10-15-9-12-3-1-2-4-14(12)17(19)20/h1-4,13,15,18H,5-11H2. The third-order valence-electron chi connectivity index (χ3n) is 3.46. The summed E-state index contributed by atoms with van der Waals surface area (Å²) in [5.74, 6) is 0. The molecule has 0 radical (unpaired) electrons. The van der Waals surface area contributed by atoms with Gasteiger partial charge in [0.05, 0.1) is 24.2 Å². The third-order valence-corrected chi connectivity index (χ3v) is 3.46. The molecule has 2 rings (SSSR count). The second-order valence-corrected chi connectivity index (χ2v) is 5.08. The number of rotatable bonds is 7. The fourth-order valence-electron chi connectivity index (χ4n) is 2.36. The van der Waals surface area contributed by atoms with Crippen LogP contribution in [0.15, 0.2) is 24.3 Å². The molecule has 7 heteroatoms. The maximum atomic E-state index is 10.9. The van der Waals surface area contributed by atoms with Crippen molar-refractivity contribution in [2.75, 3.05) is 39.4 Å². The molecule has 1 saturated heterocycles. The summed E-state index contributed by atoms with van der Waals surface area (Å²) in [4.78, 5) is 12.7. The number of hydrogen-bond acceptors (Lipinski definition) is 6. The average Bonchev–Trinajstić information content (AvgIpc) is 2.48. The molecule has 1 aromatic carbocycles. The van der Waals surface area contributed by atoms with Crippen LogP contribution in [0.2, 0.25) is 0 Å². The molecule has 1 aliphatic heterocycles. The lowest BCUT2D eigenvalue weighted by Gasteiger charge is -2.28. The first kappa shape index (κ1) is 15.8. The Labute approximate surface area is 123 Å². The number of aliphatic hydroxyl groups excluding tert-OH is 1. The number of benzene rings is 1. The summed E-state index contributed by atoms with van der Waals surface area (Å²) >= 11 is 0. The first-order valence-electron chi connectivity index (χ1n) is 7.08. The zero-order chi connectivity index (χ0) is 15.1. The molecule has 0 saturated carbocycles. The van der Waals surface area contributed by atoms with Gasteiger partial charge in [0.1, 0.15) is 0 Å². The zero-order valence-corrected chi connectivity index (χ0v) is 11.9. The van der Waals surface area contributed by atoms with Crippen molar-refractivity contribution in [3.8, 4) is 0 Å². The van der Waals surface area contributed by atoms with Gasteiger partial charge in [-0.3, -0.25) is 15.0 Å². The van der Waals surface area contributed by atoms with Gasteiger partial charge < -0.3 is 15.2 Å². The second kappa shape index (κ2) is 8.04. The van der Waals surface area contributed by atoms with Crippen LogP contribution in [-0.2, 0) is 11.3 Å². The van der Waals surface area contributed by atoms with Crippen molar-refractivity contribution in [2.24, 2.45) is 0 Å². The SMILES string of the molecule is O=[N+]([O-])c1ccccc1CNCC(O)CN1CCOCC1. The molecule has 116 valence electrons. The fraction of sp³-hybridized carbons (Fsp3) is 0.571. The highest BCUT2D eigenvalue weighted by Gasteiger charge is 2.15. The van der Waals surface area contributed by atoms with E-state index < -0.39 is 6.10 Å². The van der Waals surface area contributed by atoms with Crippen LogP contribution >= 0.6 is 0 Å². The number of β-amino-alcohol motifs (C(OH)–C–C–N with tert-alkyl or cyclic N) is 1. The lowest BCUT2D eigenvalue weighted by Crippen LogP contribution is -2.43. The quantitative estimate of drug-likeness (QED) is 0.558. The van der Waals surface area contributed by atoms with E-state index in [0.717, 1.165) is 13.1 Å². The molecule has 2 N–H and O–H groups in total. The van der Waals surface area contributed by atoms with Crippen molar-refractivity contribution < 1.29 is 14.8 Å². The van der Waals surface area contributed by atoms with Gasteiger partial charge in [-0.15, -0.1) is 0 Å². The number of nitro benzene ring substituents is 1. The Kier molecular flexibility index (Phi) is 6.06. The molecule has 0 spiro atoms. The number of para-hydroxylation sites is 1. The molecule has 1 aliphatic rings. The van der Waals surface area contributed by atoms with Crippen LogP contribution in [0.5, 0.6) is 0 Å². The maximum Gasteiger partial charge on any atom is 0.273 e. The molecular formula is C14H21N3O4. The van der Waals surface area contributed by atoms with Crippen molar-refractivity contribution in [1.82, 2.24) is 10.2 Å². The van der Waals surface area contributed by atoms with E-state index >= 15 is 0 Å². The first-order valence-corrected chi connectivity index (χ1v) is 7.08. The van der Waals surface area contributed by atoms with Crippen LogP contribution < -0.4 is 5.32 Å². The molecule has 0 aliphatic carbocycles. The highest BCUT2D eigenvalue weighted by molar-refractivity contribution is 5.39. The Morgan fingerprint density at radius 2 is 2.10 bits per heavy atom. The molecule has 1 heterocycles. The zero-order valence-electron chi connectivity index (χ0n) is 11.9. The van der Waals surface area contributed by atoms with E-state index in [9.17, 15) is 15.2 Å². The summed E-state index contributed by atoms with van der Waals surface area (Å²) in [5, 5.41) is 23.9. The Morgan fingerprint density at radius 1 is 1.38 bits per heavy atom. The van der Waals surface area contributed by atoms with E-state index in [1.165, 1.54) is 6.07 Å². The van der Waals surface area contributed by atoms with Gasteiger partial charge in [0.15, 0.2) is 0 Å². The van der Waals surface area contributed by atoms with E-state index in [2.05, 4.69) is 10.2 Å². The topological polar surface area (TPSA) is 87.9 Å². The number of nitrogens with zero attached hydrogens (tertiary/aromatic N) is 2. The van der Waals surface area contributed by atoms with Gasteiger partial charge in [-0.25, -0.2) is 0 Å². The summed E-state index contributed by atoms with van der Waals surface area (Å²) in [7, 11) is 0. The molecule has 7 nitrogen and oxygen atoms in total. The van der Waals surface area contributed by atoms with E-state index in [-0.39, 0.29) is 10.6 Å². The van der Waals surface area contributed by atoms with Crippen LogP contribution in [0.25, 0.3) is 0 Å². The number of morpholine rings is 1. The summed E-state index contributed by atoms with van der Waals surface area (Å²) in [6, 6.07) is 6.63.